The second-order valence-electron chi connectivity index (χ2n) is 3.97. The van der Waals surface area contributed by atoms with Crippen LogP contribution in [0.4, 0.5) is 11.4 Å². The molecule has 0 heterocycles. The van der Waals surface area contributed by atoms with Crippen LogP contribution in [0.15, 0.2) is 18.2 Å². The lowest BCUT2D eigenvalue weighted by molar-refractivity contribution is -0.385. The van der Waals surface area contributed by atoms with Crippen LogP contribution in [0.3, 0.4) is 0 Å². The maximum absolute atomic E-state index is 10.9. The van der Waals surface area contributed by atoms with E-state index in [0.29, 0.717) is 18.8 Å². The molecule has 0 spiro atoms. The number of carboxylic acid groups (broad SMARTS) is 1. The van der Waals surface area contributed by atoms with Gasteiger partial charge in [0.05, 0.1) is 11.5 Å². The first kappa shape index (κ1) is 14.9. The van der Waals surface area contributed by atoms with Crippen molar-refractivity contribution in [3.8, 4) is 0 Å². The van der Waals surface area contributed by atoms with E-state index in [0.717, 1.165) is 6.42 Å². The summed E-state index contributed by atoms with van der Waals surface area (Å²) in [5.41, 5.74) is -0.245. The lowest BCUT2D eigenvalue weighted by Crippen LogP contribution is -2.27. The van der Waals surface area contributed by atoms with Gasteiger partial charge in [0.25, 0.3) is 5.69 Å². The molecule has 7 nitrogen and oxygen atoms in total. The Balaban J connectivity index is 3.19. The summed E-state index contributed by atoms with van der Waals surface area (Å²) < 4.78 is 0. The minimum Gasteiger partial charge on any atom is -0.477 e. The van der Waals surface area contributed by atoms with E-state index in [1.807, 2.05) is 6.92 Å². The highest BCUT2D eigenvalue weighted by molar-refractivity contribution is 5.93. The van der Waals surface area contributed by atoms with E-state index in [-0.39, 0.29) is 12.2 Å². The summed E-state index contributed by atoms with van der Waals surface area (Å²) in [6.45, 7) is 2.85. The second-order valence-corrected chi connectivity index (χ2v) is 3.97. The molecule has 0 bridgehead atoms. The molecule has 0 fully saturated rings. The molecular weight excluding hydrogens is 252 g/mol. The Kier molecular flexibility index (Phi) is 5.25. The van der Waals surface area contributed by atoms with Gasteiger partial charge in [-0.3, -0.25) is 10.1 Å². The SMILES string of the molecule is CCCN(CCO)c1ccc(C(=O)O)c([N+](=O)[O-])c1. The molecule has 0 aliphatic rings. The highest BCUT2D eigenvalue weighted by Crippen LogP contribution is 2.25. The van der Waals surface area contributed by atoms with Crippen LogP contribution in [0.2, 0.25) is 0 Å². The summed E-state index contributed by atoms with van der Waals surface area (Å²) in [4.78, 5) is 22.9. The number of rotatable bonds is 7. The number of aliphatic hydroxyl groups excluding tert-OH is 1. The van der Waals surface area contributed by atoms with Crippen molar-refractivity contribution in [2.75, 3.05) is 24.6 Å². The highest BCUT2D eigenvalue weighted by atomic mass is 16.6. The molecular formula is C12H16N2O5. The average Bonchev–Trinajstić information content (AvgIpc) is 2.37. The summed E-state index contributed by atoms with van der Waals surface area (Å²) in [6, 6.07) is 3.96. The Hall–Kier alpha value is -2.15. The van der Waals surface area contributed by atoms with Crippen molar-refractivity contribution in [2.45, 2.75) is 13.3 Å². The van der Waals surface area contributed by atoms with Gasteiger partial charge in [-0.25, -0.2) is 4.79 Å². The number of aromatic carboxylic acids is 1. The Labute approximate surface area is 110 Å². The molecule has 0 aliphatic heterocycles. The van der Waals surface area contributed by atoms with Crippen molar-refractivity contribution in [1.82, 2.24) is 0 Å². The van der Waals surface area contributed by atoms with Gasteiger partial charge in [-0.15, -0.1) is 0 Å². The summed E-state index contributed by atoms with van der Waals surface area (Å²) in [5, 5.41) is 28.8. The molecule has 0 atom stereocenters. The van der Waals surface area contributed by atoms with Gasteiger partial charge < -0.3 is 15.1 Å². The van der Waals surface area contributed by atoms with Crippen LogP contribution < -0.4 is 4.90 Å². The van der Waals surface area contributed by atoms with Crippen LogP contribution in [0, 0.1) is 10.1 Å². The molecule has 2 N–H and O–H groups in total. The van der Waals surface area contributed by atoms with Crippen molar-refractivity contribution in [3.63, 3.8) is 0 Å². The molecule has 0 amide bonds. The number of carbonyl (C=O) groups is 1. The third-order valence-electron chi connectivity index (χ3n) is 2.64. The van der Waals surface area contributed by atoms with E-state index in [4.69, 9.17) is 10.2 Å². The van der Waals surface area contributed by atoms with Gasteiger partial charge in [0, 0.05) is 24.8 Å². The fourth-order valence-corrected chi connectivity index (χ4v) is 1.81. The Morgan fingerprint density at radius 1 is 1.42 bits per heavy atom. The minimum atomic E-state index is -1.33. The topological polar surface area (TPSA) is 104 Å². The number of carboxylic acids is 1. The van der Waals surface area contributed by atoms with E-state index in [1.165, 1.54) is 18.2 Å². The van der Waals surface area contributed by atoms with E-state index in [2.05, 4.69) is 0 Å². The van der Waals surface area contributed by atoms with Gasteiger partial charge >= 0.3 is 5.97 Å². The number of nitro groups is 1. The van der Waals surface area contributed by atoms with Crippen molar-refractivity contribution in [2.24, 2.45) is 0 Å². The van der Waals surface area contributed by atoms with Crippen molar-refractivity contribution in [3.05, 3.63) is 33.9 Å². The molecule has 1 aromatic carbocycles. The standard InChI is InChI=1S/C12H16N2O5/c1-2-5-13(6-7-15)9-3-4-10(12(16)17)11(8-9)14(18)19/h3-4,8,15H,2,5-7H2,1H3,(H,16,17). The van der Waals surface area contributed by atoms with Crippen LogP contribution in [0.1, 0.15) is 23.7 Å². The normalized spacial score (nSPS) is 10.2. The van der Waals surface area contributed by atoms with E-state index in [1.54, 1.807) is 4.90 Å². The molecule has 1 aromatic rings. The lowest BCUT2D eigenvalue weighted by atomic mass is 10.1. The van der Waals surface area contributed by atoms with Gasteiger partial charge in [-0.1, -0.05) is 6.92 Å². The molecule has 0 radical (unpaired) electrons. The number of hydrogen-bond acceptors (Lipinski definition) is 5. The van der Waals surface area contributed by atoms with E-state index >= 15 is 0 Å². The Bertz CT molecular complexity index is 469. The predicted molar refractivity (Wildman–Crippen MR) is 69.6 cm³/mol. The van der Waals surface area contributed by atoms with Gasteiger partial charge in [0.2, 0.25) is 0 Å². The zero-order valence-corrected chi connectivity index (χ0v) is 10.6. The first-order chi connectivity index (χ1) is 9.01. The predicted octanol–water partition coefficient (Wildman–Crippen LogP) is 1.50. The van der Waals surface area contributed by atoms with Crippen LogP contribution >= 0.6 is 0 Å². The zero-order valence-electron chi connectivity index (χ0n) is 10.6. The number of anilines is 1. The molecule has 7 heteroatoms. The molecule has 104 valence electrons. The van der Waals surface area contributed by atoms with Crippen molar-refractivity contribution < 1.29 is 19.9 Å². The van der Waals surface area contributed by atoms with Crippen molar-refractivity contribution >= 4 is 17.3 Å². The largest absolute Gasteiger partial charge is 0.477 e. The Morgan fingerprint density at radius 2 is 2.11 bits per heavy atom. The maximum atomic E-state index is 10.9. The number of benzene rings is 1. The van der Waals surface area contributed by atoms with Gasteiger partial charge in [-0.05, 0) is 18.6 Å². The van der Waals surface area contributed by atoms with E-state index in [9.17, 15) is 14.9 Å². The summed E-state index contributed by atoms with van der Waals surface area (Å²) in [5.74, 6) is -1.33. The van der Waals surface area contributed by atoms with Crippen LogP contribution in [-0.4, -0.2) is 40.8 Å². The Morgan fingerprint density at radius 3 is 2.58 bits per heavy atom. The summed E-state index contributed by atoms with van der Waals surface area (Å²) in [7, 11) is 0. The van der Waals surface area contributed by atoms with Gasteiger partial charge in [0.15, 0.2) is 0 Å². The molecule has 1 rings (SSSR count). The van der Waals surface area contributed by atoms with Gasteiger partial charge in [-0.2, -0.15) is 0 Å². The zero-order chi connectivity index (χ0) is 14.4. The van der Waals surface area contributed by atoms with Gasteiger partial charge in [0.1, 0.15) is 5.56 Å². The monoisotopic (exact) mass is 268 g/mol. The molecule has 0 aliphatic carbocycles. The maximum Gasteiger partial charge on any atom is 0.342 e. The summed E-state index contributed by atoms with van der Waals surface area (Å²) >= 11 is 0. The third kappa shape index (κ3) is 3.65. The van der Waals surface area contributed by atoms with E-state index < -0.39 is 16.6 Å². The number of nitro benzene ring substituents is 1. The quantitative estimate of drug-likeness (QED) is 0.573. The molecule has 19 heavy (non-hydrogen) atoms. The number of nitrogens with zero attached hydrogens (tertiary/aromatic N) is 2. The molecule has 0 saturated carbocycles. The smallest absolute Gasteiger partial charge is 0.342 e. The first-order valence-electron chi connectivity index (χ1n) is 5.88. The van der Waals surface area contributed by atoms with Crippen LogP contribution in [0.25, 0.3) is 0 Å². The second kappa shape index (κ2) is 6.69. The molecule has 0 unspecified atom stereocenters. The van der Waals surface area contributed by atoms with Crippen LogP contribution in [0.5, 0.6) is 0 Å². The molecule has 0 aromatic heterocycles. The summed E-state index contributed by atoms with van der Waals surface area (Å²) in [6.07, 6.45) is 0.814. The van der Waals surface area contributed by atoms with Crippen molar-refractivity contribution in [1.29, 1.82) is 0 Å². The molecule has 0 saturated heterocycles. The number of hydrogen-bond donors (Lipinski definition) is 2. The number of aliphatic hydroxyl groups is 1. The third-order valence-corrected chi connectivity index (χ3v) is 2.64. The fourth-order valence-electron chi connectivity index (χ4n) is 1.81. The highest BCUT2D eigenvalue weighted by Gasteiger charge is 2.21. The lowest BCUT2D eigenvalue weighted by Gasteiger charge is -2.23. The van der Waals surface area contributed by atoms with Crippen LogP contribution in [-0.2, 0) is 0 Å². The fraction of sp³-hybridized carbons (Fsp3) is 0.417. The minimum absolute atomic E-state index is 0.0749. The first-order valence-corrected chi connectivity index (χ1v) is 5.88. The average molecular weight is 268 g/mol.